The van der Waals surface area contributed by atoms with E-state index in [1.807, 2.05) is 48.5 Å². The predicted octanol–water partition coefficient (Wildman–Crippen LogP) is 2.96. The summed E-state index contributed by atoms with van der Waals surface area (Å²) in [5.41, 5.74) is 1.65. The highest BCUT2D eigenvalue weighted by Crippen LogP contribution is 2.32. The number of amides is 4. The van der Waals surface area contributed by atoms with Crippen LogP contribution in [-0.4, -0.2) is 129 Å². The zero-order valence-electron chi connectivity index (χ0n) is 30.1. The van der Waals surface area contributed by atoms with Gasteiger partial charge in [-0.3, -0.25) is 19.4 Å². The van der Waals surface area contributed by atoms with Crippen molar-refractivity contribution in [2.75, 3.05) is 57.8 Å². The summed E-state index contributed by atoms with van der Waals surface area (Å²) < 4.78 is 15.2. The molecular weight excluding hydrogens is 677 g/mol. The Hall–Kier alpha value is -5.31. The summed E-state index contributed by atoms with van der Waals surface area (Å²) >= 11 is 0. The molecule has 7 rings (SSSR count). The molecule has 0 spiro atoms. The number of hydrogen-bond acceptors (Lipinski definition) is 9. The van der Waals surface area contributed by atoms with Crippen molar-refractivity contribution >= 4 is 23.7 Å². The molecule has 4 amide bonds. The number of phenols is 1. The Morgan fingerprint density at radius 1 is 1.06 bits per heavy atom. The van der Waals surface area contributed by atoms with Gasteiger partial charge in [0.05, 0.1) is 25.0 Å². The normalized spacial score (nSPS) is 21.7. The van der Waals surface area contributed by atoms with E-state index < -0.39 is 29.7 Å². The smallest absolute Gasteiger partial charge is 0.338 e. The van der Waals surface area contributed by atoms with Crippen LogP contribution in [0.2, 0.25) is 0 Å². The van der Waals surface area contributed by atoms with Crippen LogP contribution in [0.15, 0.2) is 91.4 Å². The first-order valence-corrected chi connectivity index (χ1v) is 18.0. The Bertz CT molecular complexity index is 1890. The Morgan fingerprint density at radius 2 is 1.85 bits per heavy atom. The number of halogens is 1. The van der Waals surface area contributed by atoms with E-state index >= 15 is 4.39 Å². The molecule has 14 heteroatoms. The van der Waals surface area contributed by atoms with E-state index in [0.717, 1.165) is 50.2 Å². The lowest BCUT2D eigenvalue weighted by atomic mass is 10.00. The average Bonchev–Trinajstić information content (AvgIpc) is 3.11. The number of phenolic OH excluding ortho intramolecular Hbond substituents is 1. The minimum absolute atomic E-state index is 0.0565. The van der Waals surface area contributed by atoms with E-state index in [9.17, 15) is 19.5 Å². The second kappa shape index (κ2) is 15.3. The van der Waals surface area contributed by atoms with Gasteiger partial charge in [-0.25, -0.2) is 19.2 Å². The first kappa shape index (κ1) is 36.1. The molecular formula is C39H46FN9O4. The van der Waals surface area contributed by atoms with Gasteiger partial charge >= 0.3 is 6.03 Å². The zero-order chi connectivity index (χ0) is 37.2. The third kappa shape index (κ3) is 7.61. The molecule has 0 aliphatic carbocycles. The first-order valence-electron chi connectivity index (χ1n) is 18.0. The molecule has 0 bridgehead atoms. The first-order chi connectivity index (χ1) is 25.6. The summed E-state index contributed by atoms with van der Waals surface area (Å²) in [7, 11) is 2.17. The third-order valence-corrected chi connectivity index (χ3v) is 10.6. The number of pyridine rings is 1. The molecule has 13 nitrogen and oxygen atoms in total. The number of carbonyl (C=O) groups excluding carboxylic acids is 3. The van der Waals surface area contributed by atoms with E-state index in [4.69, 9.17) is 4.98 Å². The van der Waals surface area contributed by atoms with Crippen LogP contribution in [0.5, 0.6) is 5.75 Å². The molecule has 4 aliphatic heterocycles. The highest BCUT2D eigenvalue weighted by Gasteiger charge is 2.47. The molecule has 3 fully saturated rings. The Balaban J connectivity index is 1.17. The molecule has 3 saturated heterocycles. The molecule has 1 aromatic heterocycles. The molecule has 2 N–H and O–H groups in total. The fourth-order valence-corrected chi connectivity index (χ4v) is 7.41. The number of fused-ring (bicyclic) bond motifs is 1. The number of urea groups is 1. The van der Waals surface area contributed by atoms with Crippen LogP contribution in [0.4, 0.5) is 15.0 Å². The van der Waals surface area contributed by atoms with Gasteiger partial charge in [-0.05, 0) is 43.3 Å². The SMILES string of the molecule is C=CCN1CC(=O)N2C(=CN(Cc3cccc(N4CC(N5CCN(C)[C@@H](C)C5)C4)n3)C(=O)[C@@H]2Cc2ccc(O)cc2F)N1C(=O)NCc1ccccc1. The van der Waals surface area contributed by atoms with E-state index in [1.165, 1.54) is 33.1 Å². The Labute approximate surface area is 309 Å². The number of aromatic hydroxyl groups is 1. The number of piperazine rings is 1. The highest BCUT2D eigenvalue weighted by molar-refractivity contribution is 5.94. The number of nitrogens with zero attached hydrogens (tertiary/aromatic N) is 8. The molecule has 3 aromatic rings. The highest BCUT2D eigenvalue weighted by atomic mass is 19.1. The van der Waals surface area contributed by atoms with E-state index in [-0.39, 0.29) is 49.7 Å². The summed E-state index contributed by atoms with van der Waals surface area (Å²) in [5.74, 6) is -0.864. The fraction of sp³-hybridized carbons (Fsp3) is 0.385. The topological polar surface area (TPSA) is 119 Å². The molecule has 4 aliphatic rings. The minimum atomic E-state index is -1.18. The molecule has 2 aromatic carbocycles. The molecule has 278 valence electrons. The summed E-state index contributed by atoms with van der Waals surface area (Å²) in [4.78, 5) is 57.1. The van der Waals surface area contributed by atoms with Crippen LogP contribution in [-0.2, 0) is 29.1 Å². The van der Waals surface area contributed by atoms with Gasteiger partial charge in [0.25, 0.3) is 5.91 Å². The number of hydrogen-bond donors (Lipinski definition) is 2. The van der Waals surface area contributed by atoms with E-state index in [1.54, 1.807) is 11.1 Å². The van der Waals surface area contributed by atoms with Crippen molar-refractivity contribution in [3.05, 3.63) is 114 Å². The van der Waals surface area contributed by atoms with Crippen LogP contribution < -0.4 is 10.2 Å². The Morgan fingerprint density at radius 3 is 2.58 bits per heavy atom. The van der Waals surface area contributed by atoms with Gasteiger partial charge in [0.2, 0.25) is 5.91 Å². The van der Waals surface area contributed by atoms with E-state index in [0.29, 0.717) is 17.8 Å². The number of aromatic nitrogens is 1. The van der Waals surface area contributed by atoms with Gasteiger partial charge in [-0.15, -0.1) is 6.58 Å². The maximum atomic E-state index is 15.2. The lowest BCUT2D eigenvalue weighted by Crippen LogP contribution is -2.67. The van der Waals surface area contributed by atoms with Gasteiger partial charge in [-0.2, -0.15) is 5.01 Å². The van der Waals surface area contributed by atoms with Gasteiger partial charge in [-0.1, -0.05) is 48.5 Å². The number of nitrogens with one attached hydrogen (secondary N) is 1. The van der Waals surface area contributed by atoms with Crippen LogP contribution >= 0.6 is 0 Å². The van der Waals surface area contributed by atoms with Crippen molar-refractivity contribution in [1.29, 1.82) is 0 Å². The van der Waals surface area contributed by atoms with Crippen LogP contribution in [0.1, 0.15) is 23.7 Å². The largest absolute Gasteiger partial charge is 0.508 e. The van der Waals surface area contributed by atoms with Crippen LogP contribution in [0.3, 0.4) is 0 Å². The maximum absolute atomic E-state index is 15.2. The van der Waals surface area contributed by atoms with Gasteiger partial charge < -0.3 is 25.1 Å². The zero-order valence-corrected chi connectivity index (χ0v) is 30.1. The van der Waals surface area contributed by atoms with Crippen molar-refractivity contribution in [3.8, 4) is 5.75 Å². The van der Waals surface area contributed by atoms with Crippen molar-refractivity contribution in [2.45, 2.75) is 44.6 Å². The van der Waals surface area contributed by atoms with Gasteiger partial charge in [0.15, 0.2) is 5.82 Å². The fourth-order valence-electron chi connectivity index (χ4n) is 7.41. The number of carbonyl (C=O) groups is 3. The summed E-state index contributed by atoms with van der Waals surface area (Å²) in [6.45, 7) is 11.2. The lowest BCUT2D eigenvalue weighted by molar-refractivity contribution is -0.157. The predicted molar refractivity (Wildman–Crippen MR) is 197 cm³/mol. The summed E-state index contributed by atoms with van der Waals surface area (Å²) in [6, 6.07) is 18.2. The summed E-state index contributed by atoms with van der Waals surface area (Å²) in [6.07, 6.45) is 2.92. The average molecular weight is 724 g/mol. The summed E-state index contributed by atoms with van der Waals surface area (Å²) in [5, 5.41) is 15.7. The Kier molecular flexibility index (Phi) is 10.4. The van der Waals surface area contributed by atoms with Crippen molar-refractivity contribution in [3.63, 3.8) is 0 Å². The van der Waals surface area contributed by atoms with Crippen molar-refractivity contribution in [1.82, 2.24) is 39.9 Å². The van der Waals surface area contributed by atoms with Crippen LogP contribution in [0.25, 0.3) is 0 Å². The molecule has 0 radical (unpaired) electrons. The molecule has 2 atom stereocenters. The third-order valence-electron chi connectivity index (χ3n) is 10.6. The number of anilines is 1. The van der Waals surface area contributed by atoms with Crippen molar-refractivity contribution < 1.29 is 23.9 Å². The number of likely N-dealkylation sites (N-methyl/N-ethyl adjacent to an activating group) is 1. The van der Waals surface area contributed by atoms with Crippen molar-refractivity contribution in [2.24, 2.45) is 0 Å². The maximum Gasteiger partial charge on any atom is 0.338 e. The van der Waals surface area contributed by atoms with Gasteiger partial charge in [0, 0.05) is 70.4 Å². The lowest BCUT2D eigenvalue weighted by Gasteiger charge is -2.50. The second-order valence-corrected chi connectivity index (χ2v) is 14.2. The number of rotatable bonds is 10. The standard InChI is InChI=1S/C39H46FN9O4/c1-4-15-47-26-37(51)48-34(18-29-13-14-32(50)19-33(29)40)38(52)46(25-36(48)49(47)39(53)41-20-28-9-6-5-7-10-28)22-30-11-8-12-35(42-30)45-23-31(24-45)44-17-16-43(3)27(2)21-44/h4-14,19,25,27,31,34,50H,1,15-18,20-24,26H2,2-3H3,(H,41,53)/t27-,34-/m0/s1. The number of benzene rings is 2. The quantitative estimate of drug-likeness (QED) is 0.305. The molecule has 53 heavy (non-hydrogen) atoms. The molecule has 0 unspecified atom stereocenters. The monoisotopic (exact) mass is 723 g/mol. The second-order valence-electron chi connectivity index (χ2n) is 14.2. The molecule has 0 saturated carbocycles. The van der Waals surface area contributed by atoms with Crippen LogP contribution in [0, 0.1) is 5.82 Å². The molecule has 5 heterocycles. The van der Waals surface area contributed by atoms with E-state index in [2.05, 4.69) is 40.6 Å². The number of hydrazine groups is 1. The minimum Gasteiger partial charge on any atom is -0.508 e. The van der Waals surface area contributed by atoms with Gasteiger partial charge in [0.1, 0.15) is 23.4 Å².